The van der Waals surface area contributed by atoms with E-state index < -0.39 is 0 Å². The Bertz CT molecular complexity index is 934. The van der Waals surface area contributed by atoms with Gasteiger partial charge in [-0.3, -0.25) is 14.4 Å². The smallest absolute Gasteiger partial charge is 0.315 e. The number of carbonyl (C=O) groups is 4. The number of aldehydes is 1. The van der Waals surface area contributed by atoms with Crippen LogP contribution < -0.4 is 21.3 Å². The summed E-state index contributed by atoms with van der Waals surface area (Å²) in [6.45, 7) is 4.11. The molecule has 0 spiro atoms. The second-order valence-electron chi connectivity index (χ2n) is 9.76. The minimum absolute atomic E-state index is 0.0594. The number of nitrogens with one attached hydrogen (secondary N) is 4. The number of urea groups is 1. The zero-order valence-corrected chi connectivity index (χ0v) is 23.8. The van der Waals surface area contributed by atoms with Crippen molar-refractivity contribution >= 4 is 35.9 Å². The molecule has 2 fully saturated rings. The van der Waals surface area contributed by atoms with E-state index in [1.807, 2.05) is 11.8 Å². The van der Waals surface area contributed by atoms with E-state index in [0.717, 1.165) is 37.7 Å². The van der Waals surface area contributed by atoms with Gasteiger partial charge in [-0.2, -0.15) is 11.8 Å². The quantitative estimate of drug-likeness (QED) is 0.0984. The maximum Gasteiger partial charge on any atom is 0.315 e. The Hall–Kier alpha value is -2.67. The molecular formula is C28H42N4O7S. The highest BCUT2D eigenvalue weighted by Crippen LogP contribution is 2.33. The van der Waals surface area contributed by atoms with Crippen molar-refractivity contribution in [3.05, 3.63) is 35.4 Å². The largest absolute Gasteiger partial charge is 0.379 e. The number of amides is 4. The molecule has 12 heteroatoms. The van der Waals surface area contributed by atoms with E-state index in [4.69, 9.17) is 14.2 Å². The molecule has 11 nitrogen and oxygen atoms in total. The molecule has 0 saturated carbocycles. The number of ether oxygens (including phenoxy) is 3. The summed E-state index contributed by atoms with van der Waals surface area (Å²) in [4.78, 5) is 46.1. The Kier molecular flexibility index (Phi) is 14.8. The van der Waals surface area contributed by atoms with E-state index in [-0.39, 0.29) is 29.9 Å². The van der Waals surface area contributed by atoms with Crippen LogP contribution in [0.2, 0.25) is 0 Å². The van der Waals surface area contributed by atoms with Crippen LogP contribution in [-0.4, -0.2) is 99.9 Å². The SMILES string of the molecule is O=Cc1ccc(C(=O)NCCCOCCOCCOCCCNC(=O)CCCCC2SCC3NC(=O)NC32)cc1. The lowest BCUT2D eigenvalue weighted by molar-refractivity contribution is -0.121. The second kappa shape index (κ2) is 18.6. The zero-order valence-electron chi connectivity index (χ0n) is 23.0. The highest BCUT2D eigenvalue weighted by Gasteiger charge is 2.42. The molecule has 0 aliphatic carbocycles. The lowest BCUT2D eigenvalue weighted by atomic mass is 10.0. The summed E-state index contributed by atoms with van der Waals surface area (Å²) in [5, 5.41) is 12.1. The number of unbranched alkanes of at least 4 members (excludes halogenated alkanes) is 1. The number of rotatable bonds is 21. The van der Waals surface area contributed by atoms with Gasteiger partial charge in [-0.15, -0.1) is 0 Å². The normalized spacial score (nSPS) is 19.5. The maximum absolute atomic E-state index is 12.0. The number of benzene rings is 1. The number of thioether (sulfide) groups is 1. The van der Waals surface area contributed by atoms with Crippen LogP contribution in [-0.2, 0) is 19.0 Å². The third kappa shape index (κ3) is 11.8. The number of hydrogen-bond donors (Lipinski definition) is 4. The van der Waals surface area contributed by atoms with E-state index in [0.29, 0.717) is 81.9 Å². The van der Waals surface area contributed by atoms with Crippen molar-refractivity contribution < 1.29 is 33.4 Å². The molecule has 2 saturated heterocycles. The molecule has 1 aromatic carbocycles. The molecule has 3 unspecified atom stereocenters. The van der Waals surface area contributed by atoms with Crippen molar-refractivity contribution in [2.45, 2.75) is 55.9 Å². The van der Waals surface area contributed by atoms with Crippen LogP contribution in [0.5, 0.6) is 0 Å². The summed E-state index contributed by atoms with van der Waals surface area (Å²) in [7, 11) is 0. The standard InChI is InChI=1S/C28H42N4O7S/c33-19-21-7-9-22(10-8-21)27(35)30-12-4-14-38-16-18-39-17-15-37-13-3-11-29-25(34)6-2-1-5-24-26-23(20-40-24)31-28(36)32-26/h7-10,19,23-24,26H,1-6,11-18,20H2,(H,29,34)(H,30,35)(H2,31,32,36). The van der Waals surface area contributed by atoms with Gasteiger partial charge in [0.05, 0.1) is 38.5 Å². The Labute approximate surface area is 240 Å². The van der Waals surface area contributed by atoms with E-state index in [9.17, 15) is 19.2 Å². The first-order chi connectivity index (χ1) is 19.6. The third-order valence-corrected chi connectivity index (χ3v) is 8.18. The number of carbonyl (C=O) groups excluding carboxylic acids is 4. The van der Waals surface area contributed by atoms with E-state index in [1.54, 1.807) is 24.3 Å². The molecule has 2 aliphatic rings. The van der Waals surface area contributed by atoms with Gasteiger partial charge in [-0.05, 0) is 37.8 Å². The second-order valence-corrected chi connectivity index (χ2v) is 11.0. The van der Waals surface area contributed by atoms with Crippen molar-refractivity contribution in [2.24, 2.45) is 0 Å². The monoisotopic (exact) mass is 578 g/mol. The number of fused-ring (bicyclic) bond motifs is 1. The molecule has 4 amide bonds. The summed E-state index contributed by atoms with van der Waals surface area (Å²) >= 11 is 1.90. The molecule has 0 radical (unpaired) electrons. The van der Waals surface area contributed by atoms with Crippen LogP contribution in [0, 0.1) is 0 Å². The molecule has 0 aromatic heterocycles. The first-order valence-electron chi connectivity index (χ1n) is 14.1. The topological polar surface area (TPSA) is 144 Å². The average molecular weight is 579 g/mol. The van der Waals surface area contributed by atoms with Crippen molar-refractivity contribution in [1.82, 2.24) is 21.3 Å². The molecule has 222 valence electrons. The van der Waals surface area contributed by atoms with Crippen molar-refractivity contribution in [3.63, 3.8) is 0 Å². The molecule has 3 atom stereocenters. The van der Waals surface area contributed by atoms with Gasteiger partial charge in [-0.1, -0.05) is 18.6 Å². The molecule has 0 bridgehead atoms. The summed E-state index contributed by atoms with van der Waals surface area (Å²) in [6.07, 6.45) is 5.57. The van der Waals surface area contributed by atoms with Crippen molar-refractivity contribution in [2.75, 3.05) is 58.5 Å². The summed E-state index contributed by atoms with van der Waals surface area (Å²) < 4.78 is 16.5. The zero-order chi connectivity index (χ0) is 28.4. The molecule has 4 N–H and O–H groups in total. The fraction of sp³-hybridized carbons (Fsp3) is 0.643. The van der Waals surface area contributed by atoms with Gasteiger partial charge in [0.15, 0.2) is 0 Å². The molecular weight excluding hydrogens is 536 g/mol. The van der Waals surface area contributed by atoms with Gasteiger partial charge in [0.25, 0.3) is 5.91 Å². The lowest BCUT2D eigenvalue weighted by Crippen LogP contribution is -2.36. The summed E-state index contributed by atoms with van der Waals surface area (Å²) in [5.74, 6) is 0.861. The Balaban J connectivity index is 1.02. The van der Waals surface area contributed by atoms with Gasteiger partial charge >= 0.3 is 6.03 Å². The Morgan fingerprint density at radius 2 is 1.52 bits per heavy atom. The van der Waals surface area contributed by atoms with Gasteiger partial charge < -0.3 is 35.5 Å². The van der Waals surface area contributed by atoms with Gasteiger partial charge in [0, 0.05) is 54.9 Å². The molecule has 1 aromatic rings. The Morgan fingerprint density at radius 3 is 2.20 bits per heavy atom. The third-order valence-electron chi connectivity index (χ3n) is 6.67. The minimum Gasteiger partial charge on any atom is -0.379 e. The predicted octanol–water partition coefficient (Wildman–Crippen LogP) is 1.90. The van der Waals surface area contributed by atoms with E-state index >= 15 is 0 Å². The highest BCUT2D eigenvalue weighted by atomic mass is 32.2. The fourth-order valence-corrected chi connectivity index (χ4v) is 6.04. The molecule has 3 rings (SSSR count). The van der Waals surface area contributed by atoms with Gasteiger partial charge in [-0.25, -0.2) is 4.79 Å². The van der Waals surface area contributed by atoms with Crippen LogP contribution >= 0.6 is 11.8 Å². The minimum atomic E-state index is -0.175. The van der Waals surface area contributed by atoms with E-state index in [1.165, 1.54) is 0 Å². The molecule has 40 heavy (non-hydrogen) atoms. The Morgan fingerprint density at radius 1 is 0.875 bits per heavy atom. The maximum atomic E-state index is 12.0. The highest BCUT2D eigenvalue weighted by molar-refractivity contribution is 8.00. The predicted molar refractivity (Wildman–Crippen MR) is 153 cm³/mol. The molecule has 2 heterocycles. The van der Waals surface area contributed by atoms with Gasteiger partial charge in [0.2, 0.25) is 5.91 Å². The van der Waals surface area contributed by atoms with Gasteiger partial charge in [0.1, 0.15) is 6.29 Å². The van der Waals surface area contributed by atoms with Crippen molar-refractivity contribution in [1.29, 1.82) is 0 Å². The number of hydrogen-bond acceptors (Lipinski definition) is 8. The first-order valence-corrected chi connectivity index (χ1v) is 15.1. The van der Waals surface area contributed by atoms with Crippen LogP contribution in [0.15, 0.2) is 24.3 Å². The summed E-state index contributed by atoms with van der Waals surface area (Å²) in [5.41, 5.74) is 1.06. The van der Waals surface area contributed by atoms with Crippen LogP contribution in [0.4, 0.5) is 4.79 Å². The first kappa shape index (κ1) is 31.9. The van der Waals surface area contributed by atoms with Crippen LogP contribution in [0.1, 0.15) is 59.2 Å². The van der Waals surface area contributed by atoms with Crippen LogP contribution in [0.3, 0.4) is 0 Å². The van der Waals surface area contributed by atoms with E-state index in [2.05, 4.69) is 21.3 Å². The fourth-order valence-electron chi connectivity index (χ4n) is 4.50. The summed E-state index contributed by atoms with van der Waals surface area (Å²) in [6, 6.07) is 6.90. The lowest BCUT2D eigenvalue weighted by Gasteiger charge is -2.16. The van der Waals surface area contributed by atoms with Crippen LogP contribution in [0.25, 0.3) is 0 Å². The average Bonchev–Trinajstić information content (AvgIpc) is 3.52. The van der Waals surface area contributed by atoms with Crippen molar-refractivity contribution in [3.8, 4) is 0 Å². The molecule has 2 aliphatic heterocycles.